The molecular weight excluding hydrogens is 723 g/mol. The molecule has 2 heterocycles. The van der Waals surface area contributed by atoms with Crippen molar-refractivity contribution in [3.8, 4) is 73.4 Å². The van der Waals surface area contributed by atoms with Crippen molar-refractivity contribution in [1.29, 1.82) is 5.26 Å². The maximum absolute atomic E-state index is 9.77. The molecule has 0 unspecified atom stereocenters. The van der Waals surface area contributed by atoms with Gasteiger partial charge in [-0.2, -0.15) is 5.26 Å². The third-order valence-corrected chi connectivity index (χ3v) is 12.7. The first-order chi connectivity index (χ1) is 28.7. The summed E-state index contributed by atoms with van der Waals surface area (Å²) in [7, 11) is 0. The summed E-state index contributed by atoms with van der Waals surface area (Å²) < 4.78 is 0. The van der Waals surface area contributed by atoms with Gasteiger partial charge in [0.2, 0.25) is 0 Å². The van der Waals surface area contributed by atoms with E-state index in [1.54, 1.807) is 0 Å². The number of nitrogens with zero attached hydrogens (tertiary/aromatic N) is 3. The number of fused-ring (bicyclic) bond motifs is 9. The van der Waals surface area contributed by atoms with E-state index in [0.717, 1.165) is 50.3 Å². The van der Waals surface area contributed by atoms with Crippen LogP contribution in [-0.2, 0) is 5.41 Å². The van der Waals surface area contributed by atoms with Gasteiger partial charge in [-0.05, 0) is 104 Å². The second-order valence-corrected chi connectivity index (χ2v) is 15.9. The van der Waals surface area contributed by atoms with Crippen molar-refractivity contribution in [2.24, 2.45) is 0 Å². The number of aromatic nitrogens is 2. The predicted molar refractivity (Wildman–Crippen MR) is 235 cm³/mol. The van der Waals surface area contributed by atoms with E-state index in [2.05, 4.69) is 176 Å². The van der Waals surface area contributed by atoms with E-state index in [1.165, 1.54) is 43.2 Å². The van der Waals surface area contributed by atoms with Gasteiger partial charge in [0.1, 0.15) is 0 Å². The van der Waals surface area contributed by atoms with Crippen molar-refractivity contribution in [2.45, 2.75) is 15.2 Å². The van der Waals surface area contributed by atoms with Crippen LogP contribution in [0.4, 0.5) is 0 Å². The Labute approximate surface area is 342 Å². The van der Waals surface area contributed by atoms with Crippen molar-refractivity contribution >= 4 is 11.8 Å². The van der Waals surface area contributed by atoms with Crippen molar-refractivity contribution < 1.29 is 0 Å². The van der Waals surface area contributed by atoms with Gasteiger partial charge in [-0.15, -0.1) is 0 Å². The van der Waals surface area contributed by atoms with Crippen LogP contribution >= 0.6 is 11.8 Å². The molecule has 0 fully saturated rings. The highest BCUT2D eigenvalue weighted by molar-refractivity contribution is 7.99. The smallest absolute Gasteiger partial charge is 0.160 e. The Balaban J connectivity index is 1.15. The third-order valence-electron chi connectivity index (χ3n) is 11.6. The lowest BCUT2D eigenvalue weighted by Crippen LogP contribution is -2.31. The molecule has 11 rings (SSSR count). The maximum atomic E-state index is 9.77. The zero-order valence-corrected chi connectivity index (χ0v) is 32.1. The van der Waals surface area contributed by atoms with Crippen LogP contribution in [0, 0.1) is 11.3 Å². The van der Waals surface area contributed by atoms with Gasteiger partial charge in [0.15, 0.2) is 5.82 Å². The predicted octanol–water partition coefficient (Wildman–Crippen LogP) is 13.5. The Morgan fingerprint density at radius 2 is 0.879 bits per heavy atom. The highest BCUT2D eigenvalue weighted by Crippen LogP contribution is 2.62. The first-order valence-corrected chi connectivity index (χ1v) is 20.3. The molecule has 0 amide bonds. The highest BCUT2D eigenvalue weighted by atomic mass is 32.2. The minimum atomic E-state index is -0.515. The van der Waals surface area contributed by atoms with E-state index in [4.69, 9.17) is 9.97 Å². The molecule has 1 spiro atoms. The monoisotopic (exact) mass is 755 g/mol. The third kappa shape index (κ3) is 5.44. The summed E-state index contributed by atoms with van der Waals surface area (Å²) in [5.74, 6) is 0.679. The molecule has 8 aromatic carbocycles. The van der Waals surface area contributed by atoms with E-state index in [9.17, 15) is 5.26 Å². The molecule has 4 heteroatoms. The normalized spacial score (nSPS) is 12.9. The molecule has 0 atom stereocenters. The van der Waals surface area contributed by atoms with Gasteiger partial charge >= 0.3 is 0 Å². The Morgan fingerprint density at radius 3 is 1.55 bits per heavy atom. The fraction of sp³-hybridized carbons (Fsp3) is 0.0185. The molecule has 0 saturated carbocycles. The fourth-order valence-electron chi connectivity index (χ4n) is 8.96. The molecule has 1 aromatic heterocycles. The van der Waals surface area contributed by atoms with Crippen LogP contribution in [0.1, 0.15) is 27.8 Å². The van der Waals surface area contributed by atoms with Gasteiger partial charge in [0, 0.05) is 26.5 Å². The molecule has 0 bridgehead atoms. The summed E-state index contributed by atoms with van der Waals surface area (Å²) in [6.45, 7) is 0. The molecule has 9 aromatic rings. The van der Waals surface area contributed by atoms with Crippen molar-refractivity contribution in [1.82, 2.24) is 9.97 Å². The van der Waals surface area contributed by atoms with Gasteiger partial charge in [-0.3, -0.25) is 0 Å². The molecule has 270 valence electrons. The molecule has 3 nitrogen and oxygen atoms in total. The SMILES string of the molecule is N#Cc1cccc(-c2ccc3c(c2)-c2cc(-c4cc(-c5ccccc5)nc(-c5cccc(-c6ccccc6)c5)n4)ccc2C32c3ccccc3Sc3ccccc32)c1. The molecule has 58 heavy (non-hydrogen) atoms. The van der Waals surface area contributed by atoms with E-state index < -0.39 is 5.41 Å². The van der Waals surface area contributed by atoms with Crippen molar-refractivity contribution in [2.75, 3.05) is 0 Å². The topological polar surface area (TPSA) is 49.6 Å². The molecule has 1 aliphatic heterocycles. The minimum Gasteiger partial charge on any atom is -0.228 e. The molecule has 0 saturated heterocycles. The van der Waals surface area contributed by atoms with Crippen LogP contribution < -0.4 is 0 Å². The first-order valence-electron chi connectivity index (χ1n) is 19.4. The van der Waals surface area contributed by atoms with E-state index in [-0.39, 0.29) is 0 Å². The Hall–Kier alpha value is -7.32. The van der Waals surface area contributed by atoms with Crippen molar-refractivity contribution in [3.05, 3.63) is 228 Å². The van der Waals surface area contributed by atoms with Crippen LogP contribution in [0.3, 0.4) is 0 Å². The maximum Gasteiger partial charge on any atom is 0.160 e. The highest BCUT2D eigenvalue weighted by Gasteiger charge is 2.50. The van der Waals surface area contributed by atoms with Crippen LogP contribution in [0.5, 0.6) is 0 Å². The summed E-state index contributed by atoms with van der Waals surface area (Å²) in [6, 6.07) is 73.2. The van der Waals surface area contributed by atoms with Crippen LogP contribution in [0.25, 0.3) is 67.3 Å². The van der Waals surface area contributed by atoms with Gasteiger partial charge < -0.3 is 0 Å². The number of hydrogen-bond acceptors (Lipinski definition) is 4. The summed E-state index contributed by atoms with van der Waals surface area (Å²) >= 11 is 1.85. The van der Waals surface area contributed by atoms with Crippen LogP contribution in [0.15, 0.2) is 210 Å². The fourth-order valence-corrected chi connectivity index (χ4v) is 10.2. The zero-order valence-electron chi connectivity index (χ0n) is 31.3. The quantitative estimate of drug-likeness (QED) is 0.175. The number of benzene rings is 8. The Morgan fingerprint density at radius 1 is 0.379 bits per heavy atom. The first kappa shape index (κ1) is 34.0. The lowest BCUT2D eigenvalue weighted by Gasteiger charge is -2.39. The number of hydrogen-bond donors (Lipinski definition) is 0. The lowest BCUT2D eigenvalue weighted by molar-refractivity contribution is 0.722. The van der Waals surface area contributed by atoms with Gasteiger partial charge in [0.05, 0.1) is 28.4 Å². The number of nitriles is 1. The summed E-state index contributed by atoms with van der Waals surface area (Å²) in [6.07, 6.45) is 0. The molecule has 1 aliphatic carbocycles. The second-order valence-electron chi connectivity index (χ2n) is 14.8. The average molecular weight is 756 g/mol. The largest absolute Gasteiger partial charge is 0.228 e. The summed E-state index contributed by atoms with van der Waals surface area (Å²) in [5.41, 5.74) is 16.7. The summed E-state index contributed by atoms with van der Waals surface area (Å²) in [5, 5.41) is 9.77. The molecule has 0 radical (unpaired) electrons. The Kier molecular flexibility index (Phi) is 8.03. The molecular formula is C54H33N3S. The van der Waals surface area contributed by atoms with E-state index in [0.29, 0.717) is 11.4 Å². The Bertz CT molecular complexity index is 3060. The van der Waals surface area contributed by atoms with Gasteiger partial charge in [0.25, 0.3) is 0 Å². The lowest BCUT2D eigenvalue weighted by atomic mass is 9.67. The molecule has 2 aliphatic rings. The van der Waals surface area contributed by atoms with E-state index in [1.807, 2.05) is 42.1 Å². The zero-order chi connectivity index (χ0) is 38.6. The van der Waals surface area contributed by atoms with Crippen molar-refractivity contribution in [3.63, 3.8) is 0 Å². The van der Waals surface area contributed by atoms with Gasteiger partial charge in [-0.1, -0.05) is 163 Å². The standard InChI is InChI=1S/C54H33N3S/c55-34-35-13-11-18-38(29-35)40-25-27-45-43(31-40)44-32-41(26-28-46(44)54(45)47-21-7-9-23-51(47)58-52-24-10-8-22-48(52)54)50-33-49(37-16-5-2-6-17-37)56-53(57-50)42-20-12-19-39(30-42)36-14-3-1-4-15-36/h1-33H. The van der Waals surface area contributed by atoms with Crippen LogP contribution in [0.2, 0.25) is 0 Å². The second kappa shape index (κ2) is 13.7. The average Bonchev–Trinajstić information content (AvgIpc) is 3.58. The summed E-state index contributed by atoms with van der Waals surface area (Å²) in [4.78, 5) is 13.0. The van der Waals surface area contributed by atoms with Crippen LogP contribution in [-0.4, -0.2) is 9.97 Å². The minimum absolute atomic E-state index is 0.515. The van der Waals surface area contributed by atoms with E-state index >= 15 is 0 Å². The molecule has 0 N–H and O–H groups in total. The van der Waals surface area contributed by atoms with Gasteiger partial charge in [-0.25, -0.2) is 9.97 Å². The number of rotatable bonds is 5.